The van der Waals surface area contributed by atoms with Crippen LogP contribution in [0.3, 0.4) is 0 Å². The first-order chi connectivity index (χ1) is 20.9. The smallest absolute Gasteiger partial charge is 0.330 e. The molecule has 0 spiro atoms. The van der Waals surface area contributed by atoms with Gasteiger partial charge in [0.1, 0.15) is 35.4 Å². The molecule has 2 heterocycles. The summed E-state index contributed by atoms with van der Waals surface area (Å²) in [4.78, 5) is 26.6. The lowest BCUT2D eigenvalue weighted by atomic mass is 9.80. The predicted molar refractivity (Wildman–Crippen MR) is 160 cm³/mol. The summed E-state index contributed by atoms with van der Waals surface area (Å²) in [7, 11) is 3.22. The van der Waals surface area contributed by atoms with Crippen LogP contribution in [0.4, 0.5) is 0 Å². The van der Waals surface area contributed by atoms with E-state index in [1.165, 1.54) is 16.8 Å². The summed E-state index contributed by atoms with van der Waals surface area (Å²) in [6.45, 7) is 2.23. The minimum atomic E-state index is -1.13. The average Bonchev–Trinajstić information content (AvgIpc) is 3.35. The maximum absolute atomic E-state index is 12.7. The molecule has 1 aliphatic heterocycles. The fraction of sp³-hybridized carbons (Fsp3) is 0.333. The second kappa shape index (κ2) is 13.4. The third kappa shape index (κ3) is 6.14. The number of aromatic amines is 1. The van der Waals surface area contributed by atoms with Gasteiger partial charge in [0.05, 0.1) is 20.8 Å². The van der Waals surface area contributed by atoms with E-state index in [1.807, 2.05) is 85.8 Å². The predicted octanol–water partition coefficient (Wildman–Crippen LogP) is 3.62. The Labute approximate surface area is 249 Å². The van der Waals surface area contributed by atoms with Gasteiger partial charge in [-0.1, -0.05) is 61.5 Å². The number of methoxy groups -OCH3 is 2. The summed E-state index contributed by atoms with van der Waals surface area (Å²) in [5, 5.41) is 11.4. The Kier molecular flexibility index (Phi) is 9.42. The largest absolute Gasteiger partial charge is 0.497 e. The van der Waals surface area contributed by atoms with Gasteiger partial charge in [0, 0.05) is 18.9 Å². The maximum atomic E-state index is 12.7. The molecule has 226 valence electrons. The molecule has 4 aromatic rings. The molecule has 4 atom stereocenters. The summed E-state index contributed by atoms with van der Waals surface area (Å²) in [6, 6.07) is 26.2. The zero-order valence-corrected chi connectivity index (χ0v) is 24.3. The lowest BCUT2D eigenvalue weighted by Gasteiger charge is -2.37. The molecule has 0 bridgehead atoms. The van der Waals surface area contributed by atoms with Crippen molar-refractivity contribution in [2.75, 3.05) is 27.4 Å². The molecule has 1 saturated heterocycles. The Hall–Kier alpha value is -4.22. The number of aromatic nitrogens is 2. The van der Waals surface area contributed by atoms with Gasteiger partial charge in [-0.25, -0.2) is 4.79 Å². The fourth-order valence-electron chi connectivity index (χ4n) is 5.42. The number of hydrogen-bond acceptors (Lipinski definition) is 8. The number of ether oxygens (including phenoxy) is 5. The number of hydrogen-bond donors (Lipinski definition) is 2. The number of rotatable bonds is 12. The van der Waals surface area contributed by atoms with E-state index in [1.54, 1.807) is 14.2 Å². The molecule has 1 unspecified atom stereocenters. The standard InChI is InChI=1S/C33H36N2O8/c1-4-20-41-30-29(37)27(43-31(30)35-19-18-28(36)34-32(35)38)21-42-33(22-8-6-5-7-9-22,23-10-14-25(39-2)15-11-23)24-12-16-26(40-3)17-13-24/h5-19,27,29-31,37H,4,20-21H2,1-3H3,(H,34,36,38)/t27-,29?,30+,31-/m1/s1. The van der Waals surface area contributed by atoms with E-state index < -0.39 is 41.4 Å². The van der Waals surface area contributed by atoms with Gasteiger partial charge < -0.3 is 28.8 Å². The second-order valence-electron chi connectivity index (χ2n) is 10.2. The molecule has 43 heavy (non-hydrogen) atoms. The van der Waals surface area contributed by atoms with Crippen LogP contribution in [0, 0.1) is 0 Å². The number of aliphatic hydroxyl groups is 1. The normalized spacial score (nSPS) is 20.2. The highest BCUT2D eigenvalue weighted by Crippen LogP contribution is 2.43. The Morgan fingerprint density at radius 3 is 1.98 bits per heavy atom. The Morgan fingerprint density at radius 1 is 0.860 bits per heavy atom. The van der Waals surface area contributed by atoms with Crippen molar-refractivity contribution < 1.29 is 28.8 Å². The van der Waals surface area contributed by atoms with E-state index in [9.17, 15) is 14.7 Å². The van der Waals surface area contributed by atoms with E-state index in [4.69, 9.17) is 23.7 Å². The molecule has 0 aliphatic carbocycles. The van der Waals surface area contributed by atoms with Crippen molar-refractivity contribution in [3.63, 3.8) is 0 Å². The highest BCUT2D eigenvalue weighted by atomic mass is 16.6. The Morgan fingerprint density at radius 2 is 1.44 bits per heavy atom. The van der Waals surface area contributed by atoms with Gasteiger partial charge in [0.15, 0.2) is 6.23 Å². The monoisotopic (exact) mass is 588 g/mol. The summed E-state index contributed by atoms with van der Waals surface area (Å²) in [6.07, 6.45) is -1.81. The molecular weight excluding hydrogens is 552 g/mol. The number of H-pyrrole nitrogens is 1. The minimum absolute atomic E-state index is 0.0608. The number of benzene rings is 3. The molecule has 0 radical (unpaired) electrons. The van der Waals surface area contributed by atoms with Crippen LogP contribution in [-0.2, 0) is 19.8 Å². The van der Waals surface area contributed by atoms with Crippen molar-refractivity contribution in [2.24, 2.45) is 0 Å². The van der Waals surface area contributed by atoms with Crippen LogP contribution in [0.15, 0.2) is 101 Å². The van der Waals surface area contributed by atoms with Gasteiger partial charge in [0.25, 0.3) is 5.56 Å². The zero-order valence-electron chi connectivity index (χ0n) is 24.3. The molecular formula is C33H36N2O8. The molecule has 10 heteroatoms. The van der Waals surface area contributed by atoms with E-state index in [0.29, 0.717) is 24.5 Å². The van der Waals surface area contributed by atoms with Gasteiger partial charge in [0.2, 0.25) is 0 Å². The molecule has 1 aromatic heterocycles. The van der Waals surface area contributed by atoms with Crippen LogP contribution >= 0.6 is 0 Å². The maximum Gasteiger partial charge on any atom is 0.330 e. The number of nitrogens with zero attached hydrogens (tertiary/aromatic N) is 1. The molecule has 3 aromatic carbocycles. The van der Waals surface area contributed by atoms with Crippen LogP contribution in [0.25, 0.3) is 0 Å². The van der Waals surface area contributed by atoms with Gasteiger partial charge >= 0.3 is 5.69 Å². The second-order valence-corrected chi connectivity index (χ2v) is 10.2. The molecule has 0 saturated carbocycles. The Balaban J connectivity index is 1.57. The highest BCUT2D eigenvalue weighted by Gasteiger charge is 2.48. The van der Waals surface area contributed by atoms with Gasteiger partial charge in [-0.2, -0.15) is 0 Å². The van der Waals surface area contributed by atoms with Crippen LogP contribution < -0.4 is 20.7 Å². The van der Waals surface area contributed by atoms with Crippen molar-refractivity contribution in [2.45, 2.75) is 43.5 Å². The third-order valence-electron chi connectivity index (χ3n) is 7.59. The van der Waals surface area contributed by atoms with Crippen LogP contribution in [-0.4, -0.2) is 60.4 Å². The summed E-state index contributed by atoms with van der Waals surface area (Å²) < 4.78 is 31.2. The van der Waals surface area contributed by atoms with E-state index in [-0.39, 0.29) is 6.61 Å². The van der Waals surface area contributed by atoms with Crippen molar-refractivity contribution in [3.8, 4) is 11.5 Å². The molecule has 10 nitrogen and oxygen atoms in total. The van der Waals surface area contributed by atoms with Gasteiger partial charge in [-0.05, 0) is 47.4 Å². The molecule has 1 aliphatic rings. The van der Waals surface area contributed by atoms with Crippen molar-refractivity contribution in [3.05, 3.63) is 129 Å². The van der Waals surface area contributed by atoms with Crippen LogP contribution in [0.1, 0.15) is 36.3 Å². The molecule has 2 N–H and O–H groups in total. The summed E-state index contributed by atoms with van der Waals surface area (Å²) >= 11 is 0. The summed E-state index contributed by atoms with van der Waals surface area (Å²) in [5.41, 5.74) is 0.178. The Bertz CT molecular complexity index is 1540. The average molecular weight is 589 g/mol. The topological polar surface area (TPSA) is 121 Å². The first-order valence-corrected chi connectivity index (χ1v) is 14.2. The highest BCUT2D eigenvalue weighted by molar-refractivity contribution is 5.49. The lowest BCUT2D eigenvalue weighted by molar-refractivity contribution is -0.0981. The molecule has 5 rings (SSSR count). The quantitative estimate of drug-likeness (QED) is 0.241. The first-order valence-electron chi connectivity index (χ1n) is 14.2. The minimum Gasteiger partial charge on any atom is -0.497 e. The van der Waals surface area contributed by atoms with Crippen molar-refractivity contribution >= 4 is 0 Å². The van der Waals surface area contributed by atoms with Crippen molar-refractivity contribution in [1.82, 2.24) is 9.55 Å². The SMILES string of the molecule is CCCO[C@H]1C(O)[C@@H](COC(c2ccccc2)(c2ccc(OC)cc2)c2ccc(OC)cc2)O[C@H]1n1ccc(=O)[nH]c1=O. The van der Waals surface area contributed by atoms with E-state index >= 15 is 0 Å². The number of nitrogens with one attached hydrogen (secondary N) is 1. The van der Waals surface area contributed by atoms with Crippen LogP contribution in [0.5, 0.6) is 11.5 Å². The summed E-state index contributed by atoms with van der Waals surface area (Å²) in [5.74, 6) is 1.39. The third-order valence-corrected chi connectivity index (χ3v) is 7.59. The van der Waals surface area contributed by atoms with Gasteiger partial charge in [-0.15, -0.1) is 0 Å². The van der Waals surface area contributed by atoms with Gasteiger partial charge in [-0.3, -0.25) is 14.3 Å². The fourth-order valence-corrected chi connectivity index (χ4v) is 5.42. The number of aliphatic hydroxyl groups excluding tert-OH is 1. The molecule has 1 fully saturated rings. The van der Waals surface area contributed by atoms with Crippen molar-refractivity contribution in [1.29, 1.82) is 0 Å². The lowest BCUT2D eigenvalue weighted by Crippen LogP contribution is -2.41. The first kappa shape index (κ1) is 30.2. The molecule has 0 amide bonds. The van der Waals surface area contributed by atoms with Crippen LogP contribution in [0.2, 0.25) is 0 Å². The van der Waals surface area contributed by atoms with E-state index in [0.717, 1.165) is 16.7 Å². The van der Waals surface area contributed by atoms with E-state index in [2.05, 4.69) is 4.98 Å². The zero-order chi connectivity index (χ0) is 30.4.